The van der Waals surface area contributed by atoms with Crippen molar-refractivity contribution in [3.8, 4) is 0 Å². The molecule has 1 aromatic carbocycles. The first kappa shape index (κ1) is 13.5. The van der Waals surface area contributed by atoms with Gasteiger partial charge >= 0.3 is 0 Å². The number of benzene rings is 1. The van der Waals surface area contributed by atoms with Crippen molar-refractivity contribution in [3.63, 3.8) is 0 Å². The molecule has 2 N–H and O–H groups in total. The van der Waals surface area contributed by atoms with Crippen LogP contribution in [-0.2, 0) is 4.84 Å². The van der Waals surface area contributed by atoms with E-state index in [4.69, 9.17) is 10.7 Å². The third kappa shape index (κ3) is 3.10. The molecule has 98 valence electrons. The minimum atomic E-state index is 0.0595. The van der Waals surface area contributed by atoms with E-state index in [-0.39, 0.29) is 11.9 Å². The van der Waals surface area contributed by atoms with Crippen LogP contribution in [0.5, 0.6) is 0 Å². The molecule has 1 aliphatic heterocycles. The predicted octanol–water partition coefficient (Wildman–Crippen LogP) is 2.33. The standard InChI is InChI=1S/C13H17BrN2O2/c14-11-6-4-10(5-7-11)13(17)16-8-2-1-3-12(16)9-18-15/h4-7,12H,1-3,8-9,15H2. The van der Waals surface area contributed by atoms with Crippen LogP contribution in [0.1, 0.15) is 29.6 Å². The Labute approximate surface area is 115 Å². The van der Waals surface area contributed by atoms with E-state index in [1.54, 1.807) is 0 Å². The van der Waals surface area contributed by atoms with Crippen LogP contribution in [0.4, 0.5) is 0 Å². The fourth-order valence-corrected chi connectivity index (χ4v) is 2.57. The van der Waals surface area contributed by atoms with E-state index in [1.165, 1.54) is 0 Å². The highest BCUT2D eigenvalue weighted by Crippen LogP contribution is 2.20. The molecule has 1 aromatic rings. The van der Waals surface area contributed by atoms with Crippen molar-refractivity contribution in [2.24, 2.45) is 5.90 Å². The second-order valence-corrected chi connectivity index (χ2v) is 5.40. The molecule has 18 heavy (non-hydrogen) atoms. The zero-order valence-electron chi connectivity index (χ0n) is 10.1. The minimum absolute atomic E-state index is 0.0595. The number of halogens is 1. The van der Waals surface area contributed by atoms with E-state index < -0.39 is 0 Å². The second kappa shape index (κ2) is 6.31. The molecule has 5 heteroatoms. The summed E-state index contributed by atoms with van der Waals surface area (Å²) in [6.45, 7) is 1.19. The van der Waals surface area contributed by atoms with E-state index >= 15 is 0 Å². The number of nitrogens with two attached hydrogens (primary N) is 1. The van der Waals surface area contributed by atoms with E-state index in [0.29, 0.717) is 12.2 Å². The largest absolute Gasteiger partial charge is 0.333 e. The van der Waals surface area contributed by atoms with Gasteiger partial charge in [0.2, 0.25) is 0 Å². The zero-order valence-corrected chi connectivity index (χ0v) is 11.7. The molecule has 0 spiro atoms. The summed E-state index contributed by atoms with van der Waals surface area (Å²) in [4.78, 5) is 19.0. The van der Waals surface area contributed by atoms with Crippen molar-refractivity contribution in [1.29, 1.82) is 0 Å². The lowest BCUT2D eigenvalue weighted by Gasteiger charge is -2.35. The smallest absolute Gasteiger partial charge is 0.254 e. The van der Waals surface area contributed by atoms with Crippen LogP contribution in [-0.4, -0.2) is 30.0 Å². The van der Waals surface area contributed by atoms with Crippen molar-refractivity contribution in [1.82, 2.24) is 4.90 Å². The maximum Gasteiger partial charge on any atom is 0.254 e. The third-order valence-corrected chi connectivity index (χ3v) is 3.80. The van der Waals surface area contributed by atoms with Crippen molar-refractivity contribution in [3.05, 3.63) is 34.3 Å². The van der Waals surface area contributed by atoms with Crippen LogP contribution in [0, 0.1) is 0 Å². The predicted molar refractivity (Wildman–Crippen MR) is 73.0 cm³/mol. The number of nitrogens with zero attached hydrogens (tertiary/aromatic N) is 1. The van der Waals surface area contributed by atoms with Gasteiger partial charge in [0.1, 0.15) is 0 Å². The van der Waals surface area contributed by atoms with Gasteiger partial charge in [-0.05, 0) is 43.5 Å². The van der Waals surface area contributed by atoms with Crippen LogP contribution < -0.4 is 5.90 Å². The molecule has 2 rings (SSSR count). The van der Waals surface area contributed by atoms with Crippen LogP contribution in [0.15, 0.2) is 28.7 Å². The molecule has 1 heterocycles. The number of hydrogen-bond acceptors (Lipinski definition) is 3. The lowest BCUT2D eigenvalue weighted by atomic mass is 10.0. The molecule has 0 aromatic heterocycles. The highest BCUT2D eigenvalue weighted by atomic mass is 79.9. The van der Waals surface area contributed by atoms with Crippen molar-refractivity contribution >= 4 is 21.8 Å². The Hall–Kier alpha value is -0.910. The minimum Gasteiger partial charge on any atom is -0.333 e. The quantitative estimate of drug-likeness (QED) is 0.872. The highest BCUT2D eigenvalue weighted by Gasteiger charge is 2.27. The summed E-state index contributed by atoms with van der Waals surface area (Å²) in [5, 5.41) is 0. The van der Waals surface area contributed by atoms with Gasteiger partial charge in [-0.3, -0.25) is 4.79 Å². The molecule has 0 saturated carbocycles. The van der Waals surface area contributed by atoms with Crippen molar-refractivity contribution in [2.45, 2.75) is 25.3 Å². The molecule has 1 unspecified atom stereocenters. The van der Waals surface area contributed by atoms with Crippen LogP contribution >= 0.6 is 15.9 Å². The summed E-state index contributed by atoms with van der Waals surface area (Å²) < 4.78 is 0.972. The van der Waals surface area contributed by atoms with Gasteiger partial charge in [0.15, 0.2) is 0 Å². The molecular formula is C13H17BrN2O2. The summed E-state index contributed by atoms with van der Waals surface area (Å²) in [5.41, 5.74) is 0.710. The highest BCUT2D eigenvalue weighted by molar-refractivity contribution is 9.10. The van der Waals surface area contributed by atoms with Gasteiger partial charge in [-0.25, -0.2) is 5.90 Å². The summed E-state index contributed by atoms with van der Waals surface area (Å²) >= 11 is 3.37. The first-order valence-electron chi connectivity index (χ1n) is 6.10. The first-order valence-corrected chi connectivity index (χ1v) is 6.90. The Kier molecular flexibility index (Phi) is 4.74. The summed E-state index contributed by atoms with van der Waals surface area (Å²) in [7, 11) is 0. The van der Waals surface area contributed by atoms with Gasteiger partial charge in [0, 0.05) is 16.6 Å². The van der Waals surface area contributed by atoms with Crippen LogP contribution in [0.25, 0.3) is 0 Å². The third-order valence-electron chi connectivity index (χ3n) is 3.27. The Bertz CT molecular complexity index is 406. The van der Waals surface area contributed by atoms with E-state index in [9.17, 15) is 4.79 Å². The second-order valence-electron chi connectivity index (χ2n) is 4.49. The summed E-state index contributed by atoms with van der Waals surface area (Å²) in [5.74, 6) is 5.20. The lowest BCUT2D eigenvalue weighted by molar-refractivity contribution is 0.0314. The maximum atomic E-state index is 12.4. The van der Waals surface area contributed by atoms with Crippen molar-refractivity contribution < 1.29 is 9.63 Å². The Morgan fingerprint density at radius 2 is 2.11 bits per heavy atom. The van der Waals surface area contributed by atoms with E-state index in [0.717, 1.165) is 30.3 Å². The number of likely N-dealkylation sites (tertiary alicyclic amines) is 1. The molecule has 0 bridgehead atoms. The van der Waals surface area contributed by atoms with Gasteiger partial charge < -0.3 is 9.74 Å². The first-order chi connectivity index (χ1) is 8.72. The number of carbonyl (C=O) groups is 1. The fourth-order valence-electron chi connectivity index (χ4n) is 2.31. The molecule has 1 aliphatic rings. The molecule has 0 aliphatic carbocycles. The Balaban J connectivity index is 2.12. The summed E-state index contributed by atoms with van der Waals surface area (Å²) in [6, 6.07) is 7.53. The average Bonchev–Trinajstić information content (AvgIpc) is 2.40. The monoisotopic (exact) mass is 312 g/mol. The average molecular weight is 313 g/mol. The van der Waals surface area contributed by atoms with Gasteiger partial charge in [0.25, 0.3) is 5.91 Å². The molecule has 0 radical (unpaired) electrons. The number of rotatable bonds is 3. The zero-order chi connectivity index (χ0) is 13.0. The van der Waals surface area contributed by atoms with Gasteiger partial charge in [-0.1, -0.05) is 15.9 Å². The number of amides is 1. The fraction of sp³-hybridized carbons (Fsp3) is 0.462. The normalized spacial score (nSPS) is 19.9. The molecular weight excluding hydrogens is 296 g/mol. The SMILES string of the molecule is NOCC1CCCCN1C(=O)c1ccc(Br)cc1. The van der Waals surface area contributed by atoms with Crippen molar-refractivity contribution in [2.75, 3.05) is 13.2 Å². The molecule has 1 saturated heterocycles. The van der Waals surface area contributed by atoms with Crippen LogP contribution in [0.3, 0.4) is 0 Å². The van der Waals surface area contributed by atoms with Crippen LogP contribution in [0.2, 0.25) is 0 Å². The molecule has 1 atom stereocenters. The van der Waals surface area contributed by atoms with Gasteiger partial charge in [-0.15, -0.1) is 0 Å². The van der Waals surface area contributed by atoms with E-state index in [1.807, 2.05) is 29.2 Å². The maximum absolute atomic E-state index is 12.4. The number of piperidine rings is 1. The molecule has 1 fully saturated rings. The number of carbonyl (C=O) groups excluding carboxylic acids is 1. The van der Waals surface area contributed by atoms with Gasteiger partial charge in [0.05, 0.1) is 12.6 Å². The summed E-state index contributed by atoms with van der Waals surface area (Å²) in [6.07, 6.45) is 3.13. The number of hydrogen-bond donors (Lipinski definition) is 1. The Morgan fingerprint density at radius 3 is 2.78 bits per heavy atom. The Morgan fingerprint density at radius 1 is 1.39 bits per heavy atom. The topological polar surface area (TPSA) is 55.6 Å². The van der Waals surface area contributed by atoms with Gasteiger partial charge in [-0.2, -0.15) is 0 Å². The molecule has 4 nitrogen and oxygen atoms in total. The van der Waals surface area contributed by atoms with E-state index in [2.05, 4.69) is 15.9 Å². The lowest BCUT2D eigenvalue weighted by Crippen LogP contribution is -2.46. The molecule has 1 amide bonds.